The highest BCUT2D eigenvalue weighted by Gasteiger charge is 2.17. The molecule has 2 atom stereocenters. The molecular weight excluding hydrogens is 224 g/mol. The fourth-order valence-electron chi connectivity index (χ4n) is 2.73. The molecule has 3 nitrogen and oxygen atoms in total. The molecule has 1 aliphatic rings. The van der Waals surface area contributed by atoms with Crippen LogP contribution in [0.4, 0.5) is 0 Å². The summed E-state index contributed by atoms with van der Waals surface area (Å²) in [5.74, 6) is 0. The Morgan fingerprint density at radius 1 is 1.17 bits per heavy atom. The van der Waals surface area contributed by atoms with Crippen molar-refractivity contribution >= 4 is 0 Å². The van der Waals surface area contributed by atoms with Crippen LogP contribution in [0.3, 0.4) is 0 Å². The molecule has 3 heteroatoms. The summed E-state index contributed by atoms with van der Waals surface area (Å²) in [5, 5.41) is 0. The van der Waals surface area contributed by atoms with Crippen LogP contribution in [0.25, 0.3) is 0 Å². The van der Waals surface area contributed by atoms with Gasteiger partial charge in [0.25, 0.3) is 0 Å². The van der Waals surface area contributed by atoms with Crippen LogP contribution in [-0.4, -0.2) is 61.8 Å². The number of rotatable bonds is 8. The number of likely N-dealkylation sites (tertiary alicyclic amines) is 1. The lowest BCUT2D eigenvalue weighted by molar-refractivity contribution is 0.00389. The van der Waals surface area contributed by atoms with E-state index >= 15 is 0 Å². The fraction of sp³-hybridized carbons (Fsp3) is 1.00. The highest BCUT2D eigenvalue weighted by Crippen LogP contribution is 2.12. The number of hydrogen-bond donors (Lipinski definition) is 0. The molecule has 18 heavy (non-hydrogen) atoms. The monoisotopic (exact) mass is 256 g/mol. The van der Waals surface area contributed by atoms with E-state index in [1.165, 1.54) is 38.8 Å². The zero-order valence-electron chi connectivity index (χ0n) is 12.8. The minimum Gasteiger partial charge on any atom is -0.376 e. The van der Waals surface area contributed by atoms with Crippen molar-refractivity contribution in [1.82, 2.24) is 9.80 Å². The maximum atomic E-state index is 5.99. The first-order valence-electron chi connectivity index (χ1n) is 7.67. The van der Waals surface area contributed by atoms with E-state index < -0.39 is 0 Å². The van der Waals surface area contributed by atoms with Gasteiger partial charge in [-0.05, 0) is 59.8 Å². The van der Waals surface area contributed by atoms with Crippen LogP contribution in [0.5, 0.6) is 0 Å². The van der Waals surface area contributed by atoms with E-state index in [1.54, 1.807) is 0 Å². The summed E-state index contributed by atoms with van der Waals surface area (Å²) in [6.07, 6.45) is 5.68. The number of ether oxygens (including phenoxy) is 1. The van der Waals surface area contributed by atoms with Gasteiger partial charge in [-0.25, -0.2) is 0 Å². The van der Waals surface area contributed by atoms with Gasteiger partial charge in [0.2, 0.25) is 0 Å². The van der Waals surface area contributed by atoms with Crippen LogP contribution >= 0.6 is 0 Å². The molecule has 0 spiro atoms. The lowest BCUT2D eigenvalue weighted by Crippen LogP contribution is -2.41. The first kappa shape index (κ1) is 15.9. The Hall–Kier alpha value is -0.120. The fourth-order valence-corrected chi connectivity index (χ4v) is 2.73. The van der Waals surface area contributed by atoms with E-state index in [0.29, 0.717) is 12.1 Å². The van der Waals surface area contributed by atoms with Crippen molar-refractivity contribution in [3.8, 4) is 0 Å². The van der Waals surface area contributed by atoms with E-state index in [0.717, 1.165) is 19.7 Å². The summed E-state index contributed by atoms with van der Waals surface area (Å²) in [6, 6.07) is 0.573. The predicted molar refractivity (Wildman–Crippen MR) is 78.1 cm³/mol. The Labute approximate surface area is 113 Å². The molecule has 1 heterocycles. The van der Waals surface area contributed by atoms with E-state index in [9.17, 15) is 0 Å². The summed E-state index contributed by atoms with van der Waals surface area (Å²) in [4.78, 5) is 4.93. The molecule has 0 aromatic carbocycles. The van der Waals surface area contributed by atoms with Gasteiger partial charge in [-0.1, -0.05) is 13.3 Å². The third kappa shape index (κ3) is 6.17. The highest BCUT2D eigenvalue weighted by atomic mass is 16.5. The Kier molecular flexibility index (Phi) is 7.87. The summed E-state index contributed by atoms with van der Waals surface area (Å²) < 4.78 is 5.99. The molecule has 0 aliphatic carbocycles. The maximum absolute atomic E-state index is 5.99. The van der Waals surface area contributed by atoms with Crippen LogP contribution in [0.1, 0.15) is 46.5 Å². The minimum absolute atomic E-state index is 0.341. The molecule has 108 valence electrons. The largest absolute Gasteiger partial charge is 0.376 e. The molecule has 0 amide bonds. The molecule has 1 saturated heterocycles. The van der Waals surface area contributed by atoms with Gasteiger partial charge in [-0.15, -0.1) is 0 Å². The molecule has 1 aliphatic heterocycles. The Morgan fingerprint density at radius 3 is 2.44 bits per heavy atom. The van der Waals surface area contributed by atoms with Crippen molar-refractivity contribution < 1.29 is 4.74 Å². The summed E-state index contributed by atoms with van der Waals surface area (Å²) >= 11 is 0. The van der Waals surface area contributed by atoms with Gasteiger partial charge in [0, 0.05) is 12.6 Å². The summed E-state index contributed by atoms with van der Waals surface area (Å²) in [6.45, 7) is 12.3. The second kappa shape index (κ2) is 8.89. The van der Waals surface area contributed by atoms with Crippen LogP contribution in [-0.2, 0) is 4.74 Å². The van der Waals surface area contributed by atoms with Crippen molar-refractivity contribution in [3.63, 3.8) is 0 Å². The summed E-state index contributed by atoms with van der Waals surface area (Å²) in [7, 11) is 2.18. The van der Waals surface area contributed by atoms with E-state index in [-0.39, 0.29) is 0 Å². The number of likely N-dealkylation sites (N-methyl/N-ethyl adjacent to an activating group) is 1. The third-order valence-electron chi connectivity index (χ3n) is 3.81. The molecule has 0 aromatic rings. The molecule has 0 aromatic heterocycles. The van der Waals surface area contributed by atoms with E-state index in [1.807, 2.05) is 0 Å². The zero-order chi connectivity index (χ0) is 13.4. The maximum Gasteiger partial charge on any atom is 0.0674 e. The van der Waals surface area contributed by atoms with Crippen LogP contribution in [0.15, 0.2) is 0 Å². The van der Waals surface area contributed by atoms with Gasteiger partial charge in [0.15, 0.2) is 0 Å². The predicted octanol–water partition coefficient (Wildman–Crippen LogP) is 2.61. The zero-order valence-corrected chi connectivity index (χ0v) is 12.8. The van der Waals surface area contributed by atoms with Crippen LogP contribution < -0.4 is 0 Å². The smallest absolute Gasteiger partial charge is 0.0674 e. The second-order valence-corrected chi connectivity index (χ2v) is 5.85. The van der Waals surface area contributed by atoms with E-state index in [2.05, 4.69) is 37.6 Å². The molecule has 1 rings (SSSR count). The lowest BCUT2D eigenvalue weighted by Gasteiger charge is -2.33. The number of nitrogens with zero attached hydrogens (tertiary/aromatic N) is 2. The van der Waals surface area contributed by atoms with Crippen molar-refractivity contribution in [2.45, 2.75) is 58.6 Å². The molecule has 1 fully saturated rings. The van der Waals surface area contributed by atoms with Crippen molar-refractivity contribution in [1.29, 1.82) is 0 Å². The Balaban J connectivity index is 2.14. The average Bonchev–Trinajstić information content (AvgIpc) is 2.37. The first-order chi connectivity index (χ1) is 8.63. The molecule has 0 N–H and O–H groups in total. The Bertz CT molecular complexity index is 205. The molecule has 0 saturated carbocycles. The topological polar surface area (TPSA) is 15.7 Å². The van der Waals surface area contributed by atoms with Gasteiger partial charge < -0.3 is 9.64 Å². The number of piperidine rings is 1. The first-order valence-corrected chi connectivity index (χ1v) is 7.67. The van der Waals surface area contributed by atoms with Crippen LogP contribution in [0, 0.1) is 0 Å². The van der Waals surface area contributed by atoms with Gasteiger partial charge in [0.1, 0.15) is 0 Å². The van der Waals surface area contributed by atoms with Gasteiger partial charge in [-0.2, -0.15) is 0 Å². The molecule has 0 bridgehead atoms. The minimum atomic E-state index is 0.341. The SMILES string of the molecule is CCCN(C)CC(C)OCC(C)N1CCCCC1. The van der Waals surface area contributed by atoms with Gasteiger partial charge in [-0.3, -0.25) is 4.90 Å². The van der Waals surface area contributed by atoms with Gasteiger partial charge >= 0.3 is 0 Å². The van der Waals surface area contributed by atoms with E-state index in [4.69, 9.17) is 4.74 Å². The van der Waals surface area contributed by atoms with Crippen molar-refractivity contribution in [2.75, 3.05) is 39.8 Å². The average molecular weight is 256 g/mol. The lowest BCUT2D eigenvalue weighted by atomic mass is 10.1. The quantitative estimate of drug-likeness (QED) is 0.664. The standard InChI is InChI=1S/C15H32N2O/c1-5-9-16(4)12-15(3)18-13-14(2)17-10-7-6-8-11-17/h14-15H,5-13H2,1-4H3. The van der Waals surface area contributed by atoms with Crippen molar-refractivity contribution in [3.05, 3.63) is 0 Å². The molecular formula is C15H32N2O. The Morgan fingerprint density at radius 2 is 1.83 bits per heavy atom. The van der Waals surface area contributed by atoms with Crippen LogP contribution in [0.2, 0.25) is 0 Å². The molecule has 2 unspecified atom stereocenters. The highest BCUT2D eigenvalue weighted by molar-refractivity contribution is 4.71. The second-order valence-electron chi connectivity index (χ2n) is 5.85. The third-order valence-corrected chi connectivity index (χ3v) is 3.81. The summed E-state index contributed by atoms with van der Waals surface area (Å²) in [5.41, 5.74) is 0. The molecule has 0 radical (unpaired) electrons. The van der Waals surface area contributed by atoms with Crippen molar-refractivity contribution in [2.24, 2.45) is 0 Å². The van der Waals surface area contributed by atoms with Gasteiger partial charge in [0.05, 0.1) is 12.7 Å². The number of hydrogen-bond acceptors (Lipinski definition) is 3. The normalized spacial score (nSPS) is 21.2.